The molecule has 3 aromatic rings. The standard InChI is InChI=1S/C16H20S3/c1-15(2,3)11-7-9-13-10(17-14(9)19-11)8-12(18-13)16(4,5)6/h7-8H,1-6H3. The van der Waals surface area contributed by atoms with Gasteiger partial charge in [0, 0.05) is 19.8 Å². The summed E-state index contributed by atoms with van der Waals surface area (Å²) in [6.45, 7) is 13.8. The van der Waals surface area contributed by atoms with Gasteiger partial charge in [0.2, 0.25) is 0 Å². The van der Waals surface area contributed by atoms with Crippen LogP contribution in [-0.2, 0) is 10.8 Å². The first kappa shape index (κ1) is 13.6. The molecule has 0 radical (unpaired) electrons. The zero-order chi connectivity index (χ0) is 14.0. The summed E-state index contributed by atoms with van der Waals surface area (Å²) in [4.78, 5) is 3.00. The van der Waals surface area contributed by atoms with Gasteiger partial charge in [0.05, 0.1) is 8.71 Å². The van der Waals surface area contributed by atoms with Gasteiger partial charge in [-0.3, -0.25) is 0 Å². The molecule has 19 heavy (non-hydrogen) atoms. The average molecular weight is 309 g/mol. The van der Waals surface area contributed by atoms with Crippen molar-refractivity contribution >= 4 is 52.8 Å². The van der Waals surface area contributed by atoms with Crippen molar-refractivity contribution in [1.29, 1.82) is 0 Å². The molecule has 0 unspecified atom stereocenters. The maximum Gasteiger partial charge on any atom is 0.0889 e. The van der Waals surface area contributed by atoms with Crippen LogP contribution in [0.5, 0.6) is 0 Å². The van der Waals surface area contributed by atoms with Crippen LogP contribution >= 0.6 is 34.0 Å². The van der Waals surface area contributed by atoms with Crippen molar-refractivity contribution in [1.82, 2.24) is 0 Å². The van der Waals surface area contributed by atoms with Gasteiger partial charge in [0.15, 0.2) is 0 Å². The van der Waals surface area contributed by atoms with Crippen molar-refractivity contribution < 1.29 is 0 Å². The maximum atomic E-state index is 2.42. The van der Waals surface area contributed by atoms with E-state index in [0.29, 0.717) is 0 Å². The summed E-state index contributed by atoms with van der Waals surface area (Å²) in [6.07, 6.45) is 0. The highest BCUT2D eigenvalue weighted by molar-refractivity contribution is 7.44. The SMILES string of the molecule is CC(C)(C)c1cc2c(s1)sc1cc(C(C)(C)C)sc12. The van der Waals surface area contributed by atoms with Crippen LogP contribution in [0.4, 0.5) is 0 Å². The molecule has 0 N–H and O–H groups in total. The van der Waals surface area contributed by atoms with Crippen LogP contribution in [0.3, 0.4) is 0 Å². The van der Waals surface area contributed by atoms with E-state index in [9.17, 15) is 0 Å². The smallest absolute Gasteiger partial charge is 0.0889 e. The second kappa shape index (κ2) is 4.06. The molecule has 102 valence electrons. The van der Waals surface area contributed by atoms with E-state index < -0.39 is 0 Å². The van der Waals surface area contributed by atoms with E-state index in [1.165, 1.54) is 28.6 Å². The molecular formula is C16H20S3. The lowest BCUT2D eigenvalue weighted by atomic mass is 9.94. The summed E-state index contributed by atoms with van der Waals surface area (Å²) >= 11 is 5.92. The van der Waals surface area contributed by atoms with Gasteiger partial charge in [-0.05, 0) is 23.0 Å². The van der Waals surface area contributed by atoms with Crippen LogP contribution in [0.25, 0.3) is 18.8 Å². The van der Waals surface area contributed by atoms with E-state index in [2.05, 4.69) is 53.7 Å². The molecule has 0 aliphatic carbocycles. The summed E-state index contributed by atoms with van der Waals surface area (Å²) in [5, 5.41) is 1.48. The maximum absolute atomic E-state index is 2.42. The summed E-state index contributed by atoms with van der Waals surface area (Å²) in [7, 11) is 0. The fourth-order valence-corrected chi connectivity index (χ4v) is 6.18. The van der Waals surface area contributed by atoms with Crippen molar-refractivity contribution in [3.05, 3.63) is 21.9 Å². The van der Waals surface area contributed by atoms with Gasteiger partial charge in [0.1, 0.15) is 0 Å². The monoisotopic (exact) mass is 308 g/mol. The predicted molar refractivity (Wildman–Crippen MR) is 92.5 cm³/mol. The summed E-state index contributed by atoms with van der Waals surface area (Å²) < 4.78 is 4.46. The van der Waals surface area contributed by atoms with E-state index in [4.69, 9.17) is 0 Å². The third-order valence-electron chi connectivity index (χ3n) is 3.32. The van der Waals surface area contributed by atoms with Crippen LogP contribution < -0.4 is 0 Å². The second-order valence-corrected chi connectivity index (χ2v) is 10.6. The van der Waals surface area contributed by atoms with Gasteiger partial charge in [-0.2, -0.15) is 0 Å². The van der Waals surface area contributed by atoms with E-state index in [-0.39, 0.29) is 10.8 Å². The molecule has 3 heterocycles. The molecule has 0 saturated carbocycles. The molecule has 0 atom stereocenters. The van der Waals surface area contributed by atoms with E-state index in [1.807, 2.05) is 34.0 Å². The van der Waals surface area contributed by atoms with E-state index in [0.717, 1.165) is 0 Å². The zero-order valence-corrected chi connectivity index (χ0v) is 14.8. The van der Waals surface area contributed by atoms with Gasteiger partial charge in [-0.15, -0.1) is 34.0 Å². The lowest BCUT2D eigenvalue weighted by Crippen LogP contribution is -2.07. The Hall–Kier alpha value is -0.380. The topological polar surface area (TPSA) is 0 Å². The van der Waals surface area contributed by atoms with Crippen molar-refractivity contribution in [2.24, 2.45) is 0 Å². The predicted octanol–water partition coefficient (Wildman–Crippen LogP) is 6.77. The molecule has 0 fully saturated rings. The number of thiophene rings is 3. The number of fused-ring (bicyclic) bond motifs is 3. The Morgan fingerprint density at radius 1 is 0.737 bits per heavy atom. The molecule has 0 saturated heterocycles. The van der Waals surface area contributed by atoms with Gasteiger partial charge in [-0.1, -0.05) is 41.5 Å². The summed E-state index contributed by atoms with van der Waals surface area (Å²) in [5.74, 6) is 0. The fraction of sp³-hybridized carbons (Fsp3) is 0.500. The Kier molecular flexibility index (Phi) is 2.91. The Balaban J connectivity index is 2.22. The highest BCUT2D eigenvalue weighted by atomic mass is 32.2. The highest BCUT2D eigenvalue weighted by Gasteiger charge is 2.22. The van der Waals surface area contributed by atoms with Crippen LogP contribution in [0, 0.1) is 0 Å². The van der Waals surface area contributed by atoms with Gasteiger partial charge < -0.3 is 0 Å². The van der Waals surface area contributed by atoms with Crippen molar-refractivity contribution in [2.75, 3.05) is 0 Å². The molecule has 3 aromatic heterocycles. The molecule has 0 bridgehead atoms. The van der Waals surface area contributed by atoms with Gasteiger partial charge in [-0.25, -0.2) is 0 Å². The molecule has 0 aliphatic heterocycles. The third kappa shape index (κ3) is 2.26. The lowest BCUT2D eigenvalue weighted by Gasteiger charge is -2.15. The zero-order valence-electron chi connectivity index (χ0n) is 12.4. The second-order valence-electron chi connectivity index (χ2n) is 7.22. The van der Waals surface area contributed by atoms with Crippen LogP contribution in [0.2, 0.25) is 0 Å². The summed E-state index contributed by atoms with van der Waals surface area (Å²) in [6, 6.07) is 4.82. The Morgan fingerprint density at radius 3 is 1.89 bits per heavy atom. The fourth-order valence-electron chi connectivity index (χ4n) is 2.09. The quantitative estimate of drug-likeness (QED) is 0.430. The Bertz CT molecular complexity index is 676. The van der Waals surface area contributed by atoms with Crippen LogP contribution in [0.1, 0.15) is 51.3 Å². The van der Waals surface area contributed by atoms with Gasteiger partial charge >= 0.3 is 0 Å². The minimum atomic E-state index is 0.263. The molecule has 0 aromatic carbocycles. The van der Waals surface area contributed by atoms with Crippen LogP contribution in [0.15, 0.2) is 12.1 Å². The summed E-state index contributed by atoms with van der Waals surface area (Å²) in [5.41, 5.74) is 0.526. The Labute approximate surface area is 127 Å². The van der Waals surface area contributed by atoms with Crippen molar-refractivity contribution in [2.45, 2.75) is 52.4 Å². The lowest BCUT2D eigenvalue weighted by molar-refractivity contribution is 0.604. The average Bonchev–Trinajstić information content (AvgIpc) is 2.81. The van der Waals surface area contributed by atoms with Crippen LogP contribution in [-0.4, -0.2) is 0 Å². The number of hydrogen-bond donors (Lipinski definition) is 0. The largest absolute Gasteiger partial charge is 0.138 e. The van der Waals surface area contributed by atoms with E-state index >= 15 is 0 Å². The van der Waals surface area contributed by atoms with E-state index in [1.54, 1.807) is 0 Å². The van der Waals surface area contributed by atoms with Crippen molar-refractivity contribution in [3.8, 4) is 0 Å². The highest BCUT2D eigenvalue weighted by Crippen LogP contribution is 2.47. The third-order valence-corrected chi connectivity index (χ3v) is 7.85. The molecule has 0 nitrogen and oxygen atoms in total. The number of rotatable bonds is 0. The molecule has 0 aliphatic rings. The first-order valence-electron chi connectivity index (χ1n) is 6.63. The van der Waals surface area contributed by atoms with Crippen molar-refractivity contribution in [3.63, 3.8) is 0 Å². The molecule has 0 amide bonds. The minimum Gasteiger partial charge on any atom is -0.138 e. The molecular weight excluding hydrogens is 288 g/mol. The molecule has 0 spiro atoms. The van der Waals surface area contributed by atoms with Gasteiger partial charge in [0.25, 0.3) is 0 Å². The normalized spacial score (nSPS) is 13.8. The Morgan fingerprint density at radius 2 is 1.32 bits per heavy atom. The molecule has 3 heteroatoms. The first-order valence-corrected chi connectivity index (χ1v) is 9.08. The molecule has 3 rings (SSSR count). The number of hydrogen-bond acceptors (Lipinski definition) is 3. The minimum absolute atomic E-state index is 0.263. The first-order chi connectivity index (χ1) is 8.66.